The molecule has 0 bridgehead atoms. The zero-order valence-corrected chi connectivity index (χ0v) is 70.1. The van der Waals surface area contributed by atoms with Crippen LogP contribution in [0.2, 0.25) is 0 Å². The fourth-order valence-electron chi connectivity index (χ4n) is 15.0. The van der Waals surface area contributed by atoms with E-state index in [1.54, 1.807) is 0 Å². The highest BCUT2D eigenvalue weighted by Crippen LogP contribution is 2.38. The molecule has 0 aromatic heterocycles. The molecule has 9 aliphatic rings. The normalized spacial score (nSPS) is 22.9. The van der Waals surface area contributed by atoms with E-state index in [0.29, 0.717) is 134 Å². The van der Waals surface area contributed by atoms with E-state index < -0.39 is 0 Å². The molecule has 4 saturated carbocycles. The van der Waals surface area contributed by atoms with Crippen molar-refractivity contribution in [1.82, 2.24) is 0 Å². The van der Waals surface area contributed by atoms with E-state index in [1.807, 2.05) is 116 Å². The van der Waals surface area contributed by atoms with Crippen molar-refractivity contribution in [1.29, 1.82) is 0 Å². The maximum Gasteiger partial charge on any atom is 0.127 e. The molecule has 0 radical (unpaired) electrons. The number of ether oxygens (including phenoxy) is 20. The van der Waals surface area contributed by atoms with Gasteiger partial charge in [-0.3, -0.25) is 0 Å². The van der Waals surface area contributed by atoms with Gasteiger partial charge in [-0.05, 0) is 195 Å². The van der Waals surface area contributed by atoms with Crippen molar-refractivity contribution in [3.05, 3.63) is 109 Å². The van der Waals surface area contributed by atoms with Gasteiger partial charge >= 0.3 is 0 Å². The molecular weight excluding hydrogens is 1440 g/mol. The summed E-state index contributed by atoms with van der Waals surface area (Å²) in [5.41, 5.74) is 1.03. The van der Waals surface area contributed by atoms with Crippen molar-refractivity contribution in [2.75, 3.05) is 178 Å². The summed E-state index contributed by atoms with van der Waals surface area (Å²) in [7, 11) is 0. The fourth-order valence-corrected chi connectivity index (χ4v) is 15.0. The van der Waals surface area contributed by atoms with Gasteiger partial charge in [0.05, 0.1) is 207 Å². The van der Waals surface area contributed by atoms with Gasteiger partial charge in [-0.2, -0.15) is 0 Å². The lowest BCUT2D eigenvalue weighted by Gasteiger charge is -2.42. The van der Waals surface area contributed by atoms with E-state index in [2.05, 4.69) is 27.7 Å². The summed E-state index contributed by atoms with van der Waals surface area (Å²) < 4.78 is 113. The van der Waals surface area contributed by atoms with Crippen molar-refractivity contribution in [3.8, 4) is 34.5 Å². The Bertz CT molecular complexity index is 2910. The minimum absolute atomic E-state index is 0.179. The molecule has 0 amide bonds. The molecule has 5 aliphatic heterocycles. The molecular formula is C93H146O20. The number of hydrogen-bond donors (Lipinski definition) is 0. The third kappa shape index (κ3) is 35.9. The van der Waals surface area contributed by atoms with Gasteiger partial charge in [-0.1, -0.05) is 115 Å². The summed E-state index contributed by atoms with van der Waals surface area (Å²) in [6, 6.07) is 34.7. The highest BCUT2D eigenvalue weighted by Gasteiger charge is 2.41. The zero-order chi connectivity index (χ0) is 78.9. The van der Waals surface area contributed by atoms with E-state index >= 15 is 0 Å². The zero-order valence-electron chi connectivity index (χ0n) is 70.1. The van der Waals surface area contributed by atoms with E-state index in [9.17, 15) is 0 Å². The summed E-state index contributed by atoms with van der Waals surface area (Å²) in [5, 5.41) is 0. The predicted molar refractivity (Wildman–Crippen MR) is 441 cm³/mol. The van der Waals surface area contributed by atoms with Crippen molar-refractivity contribution in [3.63, 3.8) is 0 Å². The first-order chi connectivity index (χ1) is 55.6. The van der Waals surface area contributed by atoms with Crippen LogP contribution in [0.1, 0.15) is 202 Å². The lowest BCUT2D eigenvalue weighted by molar-refractivity contribution is -0.167. The molecule has 1 atom stereocenters. The topological polar surface area (TPSA) is 185 Å². The summed E-state index contributed by atoms with van der Waals surface area (Å²) in [6.07, 6.45) is 35.1. The molecule has 5 heterocycles. The molecule has 113 heavy (non-hydrogen) atoms. The standard InChI is InChI=1S/C24H42O4.C24H24O4.C16H30O4.C16H24O4.C13H26O4/c2*1-2-24(16-25-17-24)18-26-19-8-10-21(11-9-19)28-23-14-12-22(13-15-23)27-20-6-4-3-5-7-20;2*1-2-16(13-19-14-16)12-18-9-8-17-10-11-20-15-6-4-3-5-7-15;1-2-14-8-9-15-10-11-16-12-13-6-4-3-5-7-17-13/h19-23H,2-18H2,1H3;3-15H,2,16-18H2,1H3;15H,2-14H2,1H3;3-7H,2,8-14H2,1H3;13H,2-12H2,1H3. The Morgan fingerprint density at radius 3 is 1.09 bits per heavy atom. The SMILES string of the molecule is CCC1(COC2CCC(OC3CCC(OC4CCCCC4)CC3)CC2)COC1.CCC1(COCCOCCOC2CCCCC2)COC1.CCC1(COCCOCCOc2ccccc2)COC1.CCC1(COc2ccc(Oc3ccc(Oc4ccccc4)cc3)cc2)COC1.CCOCCOCCOCC1CCCCCO1. The minimum Gasteiger partial charge on any atom is -0.493 e. The van der Waals surface area contributed by atoms with Gasteiger partial charge in [0, 0.05) is 29.5 Å². The van der Waals surface area contributed by atoms with E-state index in [0.717, 1.165) is 166 Å². The Kier molecular flexibility index (Phi) is 44.5. The largest absolute Gasteiger partial charge is 0.493 e. The van der Waals surface area contributed by atoms with Crippen LogP contribution in [0.5, 0.6) is 34.5 Å². The first kappa shape index (κ1) is 92.3. The van der Waals surface area contributed by atoms with Gasteiger partial charge < -0.3 is 94.7 Å². The minimum atomic E-state index is 0.179. The Labute approximate surface area is 679 Å². The third-order valence-electron chi connectivity index (χ3n) is 23.6. The van der Waals surface area contributed by atoms with Gasteiger partial charge in [-0.15, -0.1) is 0 Å². The molecule has 9 fully saturated rings. The highest BCUT2D eigenvalue weighted by atomic mass is 16.6. The first-order valence-corrected chi connectivity index (χ1v) is 44.0. The lowest BCUT2D eigenvalue weighted by Crippen LogP contribution is -2.46. The molecule has 0 N–H and O–H groups in total. The summed E-state index contributed by atoms with van der Waals surface area (Å²) in [4.78, 5) is 0. The quantitative estimate of drug-likeness (QED) is 0.0380. The van der Waals surface area contributed by atoms with Crippen LogP contribution >= 0.6 is 0 Å². The molecule has 638 valence electrons. The van der Waals surface area contributed by atoms with Crippen molar-refractivity contribution in [2.45, 2.75) is 244 Å². The molecule has 20 heteroatoms. The second-order valence-corrected chi connectivity index (χ2v) is 32.6. The van der Waals surface area contributed by atoms with Crippen LogP contribution in [0.4, 0.5) is 0 Å². The molecule has 4 aromatic carbocycles. The molecule has 0 spiro atoms. The van der Waals surface area contributed by atoms with E-state index in [1.165, 1.54) is 128 Å². The average Bonchev–Trinajstić information content (AvgIpc) is 0.830. The number of benzene rings is 4. The van der Waals surface area contributed by atoms with Crippen molar-refractivity contribution < 1.29 is 94.7 Å². The average molecular weight is 1580 g/mol. The van der Waals surface area contributed by atoms with Gasteiger partial charge in [0.1, 0.15) is 41.1 Å². The Morgan fingerprint density at radius 2 is 0.628 bits per heavy atom. The van der Waals surface area contributed by atoms with Gasteiger partial charge in [0.15, 0.2) is 0 Å². The number of rotatable bonds is 45. The van der Waals surface area contributed by atoms with Gasteiger partial charge in [0.2, 0.25) is 0 Å². The fraction of sp³-hybridized carbons (Fsp3) is 0.742. The maximum atomic E-state index is 6.49. The molecule has 4 aliphatic carbocycles. The van der Waals surface area contributed by atoms with Crippen LogP contribution in [-0.4, -0.2) is 221 Å². The monoisotopic (exact) mass is 1580 g/mol. The Morgan fingerprint density at radius 1 is 0.283 bits per heavy atom. The van der Waals surface area contributed by atoms with E-state index in [-0.39, 0.29) is 16.2 Å². The van der Waals surface area contributed by atoms with Gasteiger partial charge in [0.25, 0.3) is 0 Å². The smallest absolute Gasteiger partial charge is 0.127 e. The second kappa shape index (κ2) is 54.5. The first-order valence-electron chi connectivity index (χ1n) is 44.0. The molecule has 13 rings (SSSR count). The van der Waals surface area contributed by atoms with Crippen LogP contribution in [0, 0.1) is 21.7 Å². The molecule has 20 nitrogen and oxygen atoms in total. The molecule has 1 unspecified atom stereocenters. The van der Waals surface area contributed by atoms with Crippen molar-refractivity contribution in [2.24, 2.45) is 21.7 Å². The third-order valence-corrected chi connectivity index (χ3v) is 23.6. The predicted octanol–water partition coefficient (Wildman–Crippen LogP) is 18.8. The summed E-state index contributed by atoms with van der Waals surface area (Å²) in [6.45, 7) is 30.7. The van der Waals surface area contributed by atoms with Crippen LogP contribution in [0.15, 0.2) is 109 Å². The molecule has 4 aromatic rings. The Hall–Kier alpha value is -4.56. The second-order valence-electron chi connectivity index (χ2n) is 32.6. The Balaban J connectivity index is 0.000000164. The van der Waals surface area contributed by atoms with Crippen LogP contribution in [-0.2, 0) is 75.8 Å². The summed E-state index contributed by atoms with van der Waals surface area (Å²) in [5.74, 6) is 4.82. The van der Waals surface area contributed by atoms with Crippen LogP contribution < -0.4 is 18.9 Å². The summed E-state index contributed by atoms with van der Waals surface area (Å²) >= 11 is 0. The number of para-hydroxylation sites is 2. The highest BCUT2D eigenvalue weighted by molar-refractivity contribution is 5.39. The van der Waals surface area contributed by atoms with E-state index in [4.69, 9.17) is 94.7 Å². The van der Waals surface area contributed by atoms with Crippen molar-refractivity contribution >= 4 is 0 Å². The van der Waals surface area contributed by atoms with Crippen LogP contribution in [0.25, 0.3) is 0 Å². The number of hydrogen-bond acceptors (Lipinski definition) is 20. The lowest BCUT2D eigenvalue weighted by atomic mass is 9.84. The van der Waals surface area contributed by atoms with Gasteiger partial charge in [-0.25, -0.2) is 0 Å². The maximum absolute atomic E-state index is 6.49. The van der Waals surface area contributed by atoms with Crippen LogP contribution in [0.3, 0.4) is 0 Å². The molecule has 5 saturated heterocycles.